The van der Waals surface area contributed by atoms with Crippen LogP contribution in [0.5, 0.6) is 0 Å². The van der Waals surface area contributed by atoms with Gasteiger partial charge in [-0.05, 0) is 55.8 Å². The van der Waals surface area contributed by atoms with Gasteiger partial charge in [0.1, 0.15) is 5.84 Å². The van der Waals surface area contributed by atoms with Crippen molar-refractivity contribution in [3.05, 3.63) is 59.2 Å². The van der Waals surface area contributed by atoms with E-state index < -0.39 is 24.0 Å². The number of hydrogen-bond acceptors (Lipinski definition) is 7. The normalized spacial score (nSPS) is 21.0. The molecule has 3 atom stereocenters. The predicted molar refractivity (Wildman–Crippen MR) is 131 cm³/mol. The van der Waals surface area contributed by atoms with Crippen LogP contribution in [0, 0.1) is 18.3 Å². The average Bonchev–Trinajstić information content (AvgIpc) is 3.39. The molecule has 2 heterocycles. The van der Waals surface area contributed by atoms with E-state index in [2.05, 4.69) is 10.6 Å². The van der Waals surface area contributed by atoms with Gasteiger partial charge in [0.05, 0.1) is 6.61 Å². The second-order valence-electron chi connectivity index (χ2n) is 8.71. The highest BCUT2D eigenvalue weighted by molar-refractivity contribution is 6.06. The van der Waals surface area contributed by atoms with Gasteiger partial charge in [0.2, 0.25) is 0 Å². The summed E-state index contributed by atoms with van der Waals surface area (Å²) in [5, 5.41) is 23.8. The van der Waals surface area contributed by atoms with Crippen molar-refractivity contribution in [3.63, 3.8) is 0 Å². The zero-order chi connectivity index (χ0) is 25.1. The Balaban J connectivity index is 1.49. The Labute approximate surface area is 202 Å². The van der Waals surface area contributed by atoms with E-state index in [1.165, 1.54) is 4.90 Å². The molecule has 0 spiro atoms. The number of amidine groups is 1. The number of Topliss-reactive ketones (excluding diaryl/α,β-unsaturated/α-hetero) is 1. The van der Waals surface area contributed by atoms with Gasteiger partial charge < -0.3 is 31.1 Å². The summed E-state index contributed by atoms with van der Waals surface area (Å²) in [7, 11) is 0. The lowest BCUT2D eigenvalue weighted by Crippen LogP contribution is -2.55. The van der Waals surface area contributed by atoms with Crippen molar-refractivity contribution in [1.82, 2.24) is 5.32 Å². The molecule has 2 fully saturated rings. The van der Waals surface area contributed by atoms with Crippen molar-refractivity contribution in [1.29, 1.82) is 5.41 Å². The number of aliphatic hydroxyl groups is 1. The van der Waals surface area contributed by atoms with E-state index in [4.69, 9.17) is 15.9 Å². The van der Waals surface area contributed by atoms with Crippen LogP contribution < -0.4 is 21.3 Å². The Hall–Kier alpha value is -3.60. The molecule has 4 rings (SSSR count). The van der Waals surface area contributed by atoms with Gasteiger partial charge in [-0.3, -0.25) is 19.8 Å². The first kappa shape index (κ1) is 24.5. The van der Waals surface area contributed by atoms with Crippen molar-refractivity contribution in [2.24, 2.45) is 11.7 Å². The van der Waals surface area contributed by atoms with Crippen molar-refractivity contribution in [3.8, 4) is 0 Å². The second kappa shape index (κ2) is 10.3. The molecule has 10 heteroatoms. The fraction of sp³-hybridized carbons (Fsp3) is 0.360. The minimum Gasteiger partial charge on any atom is -0.384 e. The number of nitrogen functional groups attached to an aromatic ring is 1. The summed E-state index contributed by atoms with van der Waals surface area (Å²) in [6.45, 7) is 3.61. The van der Waals surface area contributed by atoms with Crippen LogP contribution in [0.1, 0.15) is 27.9 Å². The quantitative estimate of drug-likeness (QED) is 0.223. The van der Waals surface area contributed by atoms with E-state index in [0.717, 1.165) is 13.0 Å². The molecular formula is C25H29N5O5. The van der Waals surface area contributed by atoms with Crippen molar-refractivity contribution >= 4 is 34.8 Å². The Bertz CT molecular complexity index is 1140. The van der Waals surface area contributed by atoms with E-state index in [1.807, 2.05) is 0 Å². The minimum atomic E-state index is -1.74. The maximum atomic E-state index is 13.3. The molecule has 0 radical (unpaired) electrons. The molecule has 2 aliphatic heterocycles. The molecule has 35 heavy (non-hydrogen) atoms. The van der Waals surface area contributed by atoms with E-state index >= 15 is 0 Å². The van der Waals surface area contributed by atoms with Crippen LogP contribution >= 0.6 is 0 Å². The third-order valence-corrected chi connectivity index (χ3v) is 6.43. The van der Waals surface area contributed by atoms with E-state index in [0.29, 0.717) is 34.6 Å². The van der Waals surface area contributed by atoms with Gasteiger partial charge in [-0.2, -0.15) is 0 Å². The largest absolute Gasteiger partial charge is 0.384 e. The number of morpholine rings is 1. The molecule has 2 aromatic rings. The minimum absolute atomic E-state index is 0.0433. The number of ether oxygens (including phenoxy) is 1. The number of nitrogens with zero attached hydrogens (tertiary/aromatic N) is 1. The highest BCUT2D eigenvalue weighted by Crippen LogP contribution is 2.29. The Morgan fingerprint density at radius 3 is 2.66 bits per heavy atom. The molecule has 0 aromatic heterocycles. The number of anilines is 2. The third-order valence-electron chi connectivity index (χ3n) is 6.43. The zero-order valence-corrected chi connectivity index (χ0v) is 19.4. The van der Waals surface area contributed by atoms with Gasteiger partial charge in [0, 0.05) is 41.5 Å². The summed E-state index contributed by atoms with van der Waals surface area (Å²) in [5.41, 5.74) is 8.11. The molecule has 2 amide bonds. The van der Waals surface area contributed by atoms with Crippen LogP contribution in [-0.2, 0) is 14.3 Å². The topological polar surface area (TPSA) is 158 Å². The van der Waals surface area contributed by atoms with Crippen molar-refractivity contribution in [2.45, 2.75) is 25.6 Å². The maximum Gasteiger partial charge on any atom is 0.259 e. The molecule has 0 bridgehead atoms. The van der Waals surface area contributed by atoms with Gasteiger partial charge in [-0.15, -0.1) is 0 Å². The molecule has 10 nitrogen and oxygen atoms in total. The first-order valence-electron chi connectivity index (χ1n) is 11.5. The molecule has 2 aromatic carbocycles. The lowest BCUT2D eigenvalue weighted by atomic mass is 9.92. The summed E-state index contributed by atoms with van der Waals surface area (Å²) in [4.78, 5) is 40.4. The molecule has 6 N–H and O–H groups in total. The van der Waals surface area contributed by atoms with Crippen LogP contribution in [0.3, 0.4) is 0 Å². The number of carbonyl (C=O) groups excluding carboxylic acids is 3. The van der Waals surface area contributed by atoms with Crippen LogP contribution in [0.25, 0.3) is 0 Å². The number of benzene rings is 2. The predicted octanol–water partition coefficient (Wildman–Crippen LogP) is 0.803. The molecule has 184 valence electrons. The van der Waals surface area contributed by atoms with Gasteiger partial charge in [-0.25, -0.2) is 0 Å². The highest BCUT2D eigenvalue weighted by Gasteiger charge is 2.40. The van der Waals surface area contributed by atoms with Crippen LogP contribution in [0.15, 0.2) is 42.5 Å². The molecule has 0 aliphatic carbocycles. The van der Waals surface area contributed by atoms with Gasteiger partial charge in [0.25, 0.3) is 11.8 Å². The van der Waals surface area contributed by atoms with Crippen molar-refractivity contribution < 1.29 is 24.2 Å². The van der Waals surface area contributed by atoms with E-state index in [9.17, 15) is 19.5 Å². The summed E-state index contributed by atoms with van der Waals surface area (Å²) in [6, 6.07) is 11.5. The lowest BCUT2D eigenvalue weighted by Gasteiger charge is -2.35. The summed E-state index contributed by atoms with van der Waals surface area (Å²) >= 11 is 0. The second-order valence-corrected chi connectivity index (χ2v) is 8.71. The van der Waals surface area contributed by atoms with Gasteiger partial charge in [-0.1, -0.05) is 12.1 Å². The standard InChI is InChI=1S/C25H29N5O5/c1-14-18(20(31)16-9-10-28-13-16)3-2-4-19(14)30-11-12-35-22(25(30)34)21(32)24(33)29-17-7-5-15(6-8-17)23(26)27/h2-8,16,21-22,28,32H,9-13H2,1H3,(H3,26,27)(H,29,33)/t16?,21-,22-/m1/s1. The number of nitrogens with one attached hydrogen (secondary N) is 3. The lowest BCUT2D eigenvalue weighted by molar-refractivity contribution is -0.150. The van der Waals surface area contributed by atoms with Crippen LogP contribution in [0.2, 0.25) is 0 Å². The molecule has 2 aliphatic rings. The first-order valence-corrected chi connectivity index (χ1v) is 11.5. The average molecular weight is 480 g/mol. The third kappa shape index (κ3) is 5.09. The maximum absolute atomic E-state index is 13.3. The number of rotatable bonds is 7. The molecule has 2 saturated heterocycles. The summed E-state index contributed by atoms with van der Waals surface area (Å²) in [6.07, 6.45) is -2.36. The highest BCUT2D eigenvalue weighted by atomic mass is 16.5. The Morgan fingerprint density at radius 2 is 2.00 bits per heavy atom. The van der Waals surface area contributed by atoms with E-state index in [-0.39, 0.29) is 30.7 Å². The molecule has 0 saturated carbocycles. The molecule has 1 unspecified atom stereocenters. The zero-order valence-electron chi connectivity index (χ0n) is 19.4. The smallest absolute Gasteiger partial charge is 0.259 e. The fourth-order valence-corrected chi connectivity index (χ4v) is 4.44. The van der Waals surface area contributed by atoms with Crippen LogP contribution in [0.4, 0.5) is 11.4 Å². The Kier molecular flexibility index (Phi) is 7.25. The van der Waals surface area contributed by atoms with Crippen molar-refractivity contribution in [2.75, 3.05) is 36.5 Å². The Morgan fingerprint density at radius 1 is 1.26 bits per heavy atom. The van der Waals surface area contributed by atoms with E-state index in [1.54, 1.807) is 49.4 Å². The summed E-state index contributed by atoms with van der Waals surface area (Å²) in [5.74, 6) is -1.50. The number of carbonyl (C=O) groups is 3. The number of nitrogens with two attached hydrogens (primary N) is 1. The monoisotopic (exact) mass is 479 g/mol. The SMILES string of the molecule is Cc1c(C(=O)C2CCNC2)cccc1N1CCO[C@H]([C@@H](O)C(=O)Nc2ccc(C(=N)N)cc2)C1=O. The number of ketones is 1. The number of amides is 2. The molecular weight excluding hydrogens is 450 g/mol. The fourth-order valence-electron chi connectivity index (χ4n) is 4.44. The van der Waals surface area contributed by atoms with Crippen LogP contribution in [-0.4, -0.2) is 67.0 Å². The van der Waals surface area contributed by atoms with Gasteiger partial charge >= 0.3 is 0 Å². The number of hydrogen-bond donors (Lipinski definition) is 5. The van der Waals surface area contributed by atoms with Gasteiger partial charge in [0.15, 0.2) is 18.0 Å². The summed E-state index contributed by atoms with van der Waals surface area (Å²) < 4.78 is 5.49. The number of aliphatic hydroxyl groups excluding tert-OH is 1. The first-order chi connectivity index (χ1) is 16.8.